The minimum atomic E-state index is -3.81. The van der Waals surface area contributed by atoms with E-state index in [1.807, 2.05) is 0 Å². The van der Waals surface area contributed by atoms with Gasteiger partial charge in [-0.05, 0) is 42.5 Å². The van der Waals surface area contributed by atoms with Crippen LogP contribution in [0.3, 0.4) is 0 Å². The Hall–Kier alpha value is -3.24. The molecule has 26 heavy (non-hydrogen) atoms. The van der Waals surface area contributed by atoms with Crippen LogP contribution in [0, 0.1) is 0 Å². The van der Waals surface area contributed by atoms with Crippen molar-refractivity contribution in [2.45, 2.75) is 4.90 Å². The lowest BCUT2D eigenvalue weighted by molar-refractivity contribution is -0.119. The Kier molecular flexibility index (Phi) is 4.69. The van der Waals surface area contributed by atoms with Crippen molar-refractivity contribution in [2.75, 3.05) is 11.9 Å². The number of anilines is 1. The molecule has 0 saturated heterocycles. The first-order valence-corrected chi connectivity index (χ1v) is 8.81. The summed E-state index contributed by atoms with van der Waals surface area (Å²) >= 11 is 0. The molecule has 3 aromatic rings. The molecular formula is C16H13N3O6S. The summed E-state index contributed by atoms with van der Waals surface area (Å²) in [5.41, 5.74) is 1.60. The Labute approximate surface area is 147 Å². The van der Waals surface area contributed by atoms with Crippen LogP contribution in [0.5, 0.6) is 0 Å². The number of esters is 1. The van der Waals surface area contributed by atoms with E-state index in [1.165, 1.54) is 42.8 Å². The summed E-state index contributed by atoms with van der Waals surface area (Å²) in [4.78, 5) is 27.7. The van der Waals surface area contributed by atoms with Crippen molar-refractivity contribution in [3.05, 3.63) is 54.4 Å². The molecule has 2 aromatic carbocycles. The first-order valence-electron chi connectivity index (χ1n) is 7.26. The molecule has 0 aliphatic rings. The number of carbonyl (C=O) groups excluding carboxylic acids is 2. The van der Waals surface area contributed by atoms with Crippen LogP contribution in [-0.4, -0.2) is 31.9 Å². The number of fused-ring (bicyclic) bond motifs is 1. The average molecular weight is 375 g/mol. The topological polar surface area (TPSA) is 142 Å². The van der Waals surface area contributed by atoms with Crippen LogP contribution in [0.1, 0.15) is 10.4 Å². The lowest BCUT2D eigenvalue weighted by atomic mass is 10.2. The number of rotatable bonds is 5. The summed E-state index contributed by atoms with van der Waals surface area (Å²) in [7, 11) is -3.81. The molecule has 0 unspecified atom stereocenters. The minimum absolute atomic E-state index is 0.0785. The Balaban J connectivity index is 1.57. The number of oxazole rings is 1. The molecule has 3 N–H and O–H groups in total. The predicted molar refractivity (Wildman–Crippen MR) is 90.7 cm³/mol. The van der Waals surface area contributed by atoms with Gasteiger partial charge in [0.05, 0.1) is 10.5 Å². The standard InChI is InChI=1S/C16H13N3O6S/c17-26(22,23)12-4-2-11(3-5-12)19-15(20)8-24-16(21)10-1-6-14-13(7-10)18-9-25-14/h1-7,9H,8H2,(H,19,20)(H2,17,22,23). The van der Waals surface area contributed by atoms with Gasteiger partial charge < -0.3 is 14.5 Å². The second-order valence-corrected chi connectivity index (χ2v) is 6.79. The number of nitrogens with two attached hydrogens (primary N) is 1. The number of aromatic nitrogens is 1. The number of nitrogens with one attached hydrogen (secondary N) is 1. The van der Waals surface area contributed by atoms with E-state index in [1.54, 1.807) is 6.07 Å². The van der Waals surface area contributed by atoms with Gasteiger partial charge in [-0.3, -0.25) is 4.79 Å². The van der Waals surface area contributed by atoms with Crippen LogP contribution in [0.2, 0.25) is 0 Å². The maximum Gasteiger partial charge on any atom is 0.338 e. The summed E-state index contributed by atoms with van der Waals surface area (Å²) in [6, 6.07) is 9.82. The molecular weight excluding hydrogens is 362 g/mol. The highest BCUT2D eigenvalue weighted by Gasteiger charge is 2.13. The highest BCUT2D eigenvalue weighted by molar-refractivity contribution is 7.89. The summed E-state index contributed by atoms with van der Waals surface area (Å²) in [6.45, 7) is -0.507. The summed E-state index contributed by atoms with van der Waals surface area (Å²) in [5.74, 6) is -1.26. The number of carbonyl (C=O) groups is 2. The Morgan fingerprint density at radius 1 is 1.15 bits per heavy atom. The highest BCUT2D eigenvalue weighted by atomic mass is 32.2. The molecule has 9 nitrogen and oxygen atoms in total. The number of ether oxygens (including phenoxy) is 1. The van der Waals surface area contributed by atoms with Crippen LogP contribution >= 0.6 is 0 Å². The lowest BCUT2D eigenvalue weighted by Crippen LogP contribution is -2.21. The van der Waals surface area contributed by atoms with Gasteiger partial charge in [-0.2, -0.15) is 0 Å². The number of primary sulfonamides is 1. The number of amides is 1. The van der Waals surface area contributed by atoms with Crippen molar-refractivity contribution in [3.63, 3.8) is 0 Å². The zero-order chi connectivity index (χ0) is 18.7. The monoisotopic (exact) mass is 375 g/mol. The van der Waals surface area contributed by atoms with Gasteiger partial charge in [-0.15, -0.1) is 0 Å². The van der Waals surface area contributed by atoms with Crippen LogP contribution in [0.4, 0.5) is 5.69 Å². The van der Waals surface area contributed by atoms with Gasteiger partial charge in [-0.1, -0.05) is 0 Å². The molecule has 3 rings (SSSR count). The summed E-state index contributed by atoms with van der Waals surface area (Å²) < 4.78 is 32.3. The molecule has 0 bridgehead atoms. The molecule has 0 spiro atoms. The van der Waals surface area contributed by atoms with Gasteiger partial charge in [0.25, 0.3) is 5.91 Å². The van der Waals surface area contributed by atoms with E-state index < -0.39 is 28.5 Å². The molecule has 1 aromatic heterocycles. The molecule has 0 aliphatic heterocycles. The van der Waals surface area contributed by atoms with Gasteiger partial charge in [0.2, 0.25) is 10.0 Å². The van der Waals surface area contributed by atoms with Crippen LogP contribution in [-0.2, 0) is 19.6 Å². The fourth-order valence-electron chi connectivity index (χ4n) is 2.12. The quantitative estimate of drug-likeness (QED) is 0.640. The van der Waals surface area contributed by atoms with Crippen LogP contribution in [0.25, 0.3) is 11.1 Å². The molecule has 10 heteroatoms. The number of nitrogens with zero attached hydrogens (tertiary/aromatic N) is 1. The van der Waals surface area contributed by atoms with Gasteiger partial charge >= 0.3 is 5.97 Å². The third-order valence-corrected chi connectivity index (χ3v) is 4.30. The fourth-order valence-corrected chi connectivity index (χ4v) is 2.64. The number of hydrogen-bond acceptors (Lipinski definition) is 7. The first kappa shape index (κ1) is 17.6. The van der Waals surface area contributed by atoms with Crippen molar-refractivity contribution >= 4 is 38.7 Å². The second kappa shape index (κ2) is 6.94. The predicted octanol–water partition coefficient (Wildman–Crippen LogP) is 1.27. The summed E-state index contributed by atoms with van der Waals surface area (Å²) in [5, 5.41) is 7.46. The maximum atomic E-state index is 12.0. The molecule has 0 radical (unpaired) electrons. The SMILES string of the molecule is NS(=O)(=O)c1ccc(NC(=O)COC(=O)c2ccc3ocnc3c2)cc1. The first-order chi connectivity index (χ1) is 12.3. The average Bonchev–Trinajstić information content (AvgIpc) is 3.07. The molecule has 1 heterocycles. The van der Waals surface area contributed by atoms with E-state index in [0.717, 1.165) is 0 Å². The van der Waals surface area contributed by atoms with Crippen LogP contribution in [0.15, 0.2) is 58.2 Å². The fraction of sp³-hybridized carbons (Fsp3) is 0.0625. The van der Waals surface area contributed by atoms with Crippen LogP contribution < -0.4 is 10.5 Å². The molecule has 0 aliphatic carbocycles. The third-order valence-electron chi connectivity index (χ3n) is 3.37. The van der Waals surface area contributed by atoms with Gasteiger partial charge in [0.15, 0.2) is 18.6 Å². The van der Waals surface area contributed by atoms with E-state index in [9.17, 15) is 18.0 Å². The molecule has 134 valence electrons. The Bertz CT molecular complexity index is 1070. The largest absolute Gasteiger partial charge is 0.452 e. The maximum absolute atomic E-state index is 12.0. The zero-order valence-corrected chi connectivity index (χ0v) is 14.0. The van der Waals surface area contributed by atoms with E-state index >= 15 is 0 Å². The minimum Gasteiger partial charge on any atom is -0.452 e. The molecule has 0 fully saturated rings. The normalized spacial score (nSPS) is 11.3. The van der Waals surface area contributed by atoms with E-state index in [2.05, 4.69) is 10.3 Å². The van der Waals surface area contributed by atoms with Gasteiger partial charge in [-0.25, -0.2) is 23.3 Å². The van der Waals surface area contributed by atoms with E-state index in [0.29, 0.717) is 16.8 Å². The Morgan fingerprint density at radius 3 is 2.58 bits per heavy atom. The zero-order valence-electron chi connectivity index (χ0n) is 13.2. The number of benzene rings is 2. The molecule has 0 saturated carbocycles. The highest BCUT2D eigenvalue weighted by Crippen LogP contribution is 2.15. The van der Waals surface area contributed by atoms with E-state index in [4.69, 9.17) is 14.3 Å². The molecule has 1 amide bonds. The number of sulfonamides is 1. The van der Waals surface area contributed by atoms with Gasteiger partial charge in [0.1, 0.15) is 5.52 Å². The van der Waals surface area contributed by atoms with Gasteiger partial charge in [0, 0.05) is 5.69 Å². The summed E-state index contributed by atoms with van der Waals surface area (Å²) in [6.07, 6.45) is 1.26. The third kappa shape index (κ3) is 4.05. The molecule has 0 atom stereocenters. The Morgan fingerprint density at radius 2 is 1.88 bits per heavy atom. The van der Waals surface area contributed by atoms with Crippen molar-refractivity contribution in [3.8, 4) is 0 Å². The van der Waals surface area contributed by atoms with E-state index in [-0.39, 0.29) is 10.5 Å². The van der Waals surface area contributed by atoms with Crippen molar-refractivity contribution in [1.82, 2.24) is 4.98 Å². The van der Waals surface area contributed by atoms with Crippen molar-refractivity contribution in [2.24, 2.45) is 5.14 Å². The van der Waals surface area contributed by atoms with Crippen molar-refractivity contribution < 1.29 is 27.2 Å². The lowest BCUT2D eigenvalue weighted by Gasteiger charge is -2.07. The number of hydrogen-bond donors (Lipinski definition) is 2. The smallest absolute Gasteiger partial charge is 0.338 e. The van der Waals surface area contributed by atoms with Crippen molar-refractivity contribution in [1.29, 1.82) is 0 Å². The second-order valence-electron chi connectivity index (χ2n) is 5.23.